The van der Waals surface area contributed by atoms with Crippen LogP contribution in [0.15, 0.2) is 93.5 Å². The Labute approximate surface area is 227 Å². The van der Waals surface area contributed by atoms with E-state index in [1.165, 1.54) is 0 Å². The fourth-order valence-electron chi connectivity index (χ4n) is 3.50. The molecule has 4 rings (SSSR count). The van der Waals surface area contributed by atoms with Crippen LogP contribution in [0.4, 0.5) is 17.1 Å². The van der Waals surface area contributed by atoms with E-state index < -0.39 is 11.2 Å². The molecule has 0 aromatic heterocycles. The predicted molar refractivity (Wildman–Crippen MR) is 152 cm³/mol. The zero-order valence-corrected chi connectivity index (χ0v) is 22.6. The van der Waals surface area contributed by atoms with E-state index in [1.54, 1.807) is 67.8 Å². The first-order valence-electron chi connectivity index (χ1n) is 11.4. The molecule has 1 heterocycles. The molecule has 0 radical (unpaired) electrons. The molecule has 1 atom stereocenters. The summed E-state index contributed by atoms with van der Waals surface area (Å²) in [4.78, 5) is 31.1. The molecule has 0 saturated carbocycles. The van der Waals surface area contributed by atoms with E-state index in [0.717, 1.165) is 16.2 Å². The molecule has 0 bridgehead atoms. The van der Waals surface area contributed by atoms with Crippen LogP contribution in [0.2, 0.25) is 0 Å². The van der Waals surface area contributed by atoms with Gasteiger partial charge in [-0.2, -0.15) is 0 Å². The Balaban J connectivity index is 1.62. The molecule has 0 fully saturated rings. The zero-order valence-electron chi connectivity index (χ0n) is 20.2. The Kier molecular flexibility index (Phi) is 8.52. The maximum Gasteiger partial charge on any atom is 0.260 e. The molecular weight excluding hydrogens is 556 g/mol. The summed E-state index contributed by atoms with van der Waals surface area (Å²) < 4.78 is 11.6. The molecular formula is C27H25BrN4O4S. The number of nitrogens with two attached hydrogens (primary N) is 1. The van der Waals surface area contributed by atoms with E-state index in [9.17, 15) is 9.59 Å². The van der Waals surface area contributed by atoms with Crippen molar-refractivity contribution in [3.63, 3.8) is 0 Å². The molecule has 2 amide bonds. The Morgan fingerprint density at radius 2 is 1.54 bits per heavy atom. The highest BCUT2D eigenvalue weighted by Crippen LogP contribution is 2.36. The van der Waals surface area contributed by atoms with Gasteiger partial charge in [0, 0.05) is 21.5 Å². The van der Waals surface area contributed by atoms with Crippen molar-refractivity contribution in [1.29, 1.82) is 0 Å². The molecule has 3 aromatic carbocycles. The molecule has 10 heteroatoms. The summed E-state index contributed by atoms with van der Waals surface area (Å²) in [7, 11) is 1.58. The maximum atomic E-state index is 13.4. The third-order valence-electron chi connectivity index (χ3n) is 5.32. The van der Waals surface area contributed by atoms with Crippen LogP contribution in [0.1, 0.15) is 6.92 Å². The topological polar surface area (TPSA) is 115 Å². The highest BCUT2D eigenvalue weighted by molar-refractivity contribution is 9.10. The molecule has 8 nitrogen and oxygen atoms in total. The van der Waals surface area contributed by atoms with Crippen molar-refractivity contribution < 1.29 is 19.1 Å². The quantitative estimate of drug-likeness (QED) is 0.324. The van der Waals surface area contributed by atoms with Gasteiger partial charge in [0.05, 0.1) is 25.0 Å². The van der Waals surface area contributed by atoms with Crippen LogP contribution in [-0.2, 0) is 9.59 Å². The van der Waals surface area contributed by atoms with Crippen molar-refractivity contribution in [3.8, 4) is 11.5 Å². The standard InChI is InChI=1S/C27H25BrN4O4S/c1-3-36-21-14-10-18(11-15-21)30-25(33)22-23(29)24(26(34)31-17-6-4-16(28)5-7-17)37-27(22)32-19-8-12-20(35-2)13-9-19/h4-15,24H,3,29H2,1-2H3,(H,30,33)(H,31,34). The third-order valence-corrected chi connectivity index (χ3v) is 7.07. The monoisotopic (exact) mass is 580 g/mol. The summed E-state index contributed by atoms with van der Waals surface area (Å²) in [6.07, 6.45) is 0. The molecule has 37 heavy (non-hydrogen) atoms. The van der Waals surface area contributed by atoms with E-state index in [4.69, 9.17) is 15.2 Å². The van der Waals surface area contributed by atoms with Crippen LogP contribution in [-0.4, -0.2) is 35.8 Å². The summed E-state index contributed by atoms with van der Waals surface area (Å²) in [6.45, 7) is 2.44. The molecule has 190 valence electrons. The molecule has 1 aliphatic rings. The molecule has 3 aromatic rings. The van der Waals surface area contributed by atoms with E-state index in [2.05, 4.69) is 31.6 Å². The largest absolute Gasteiger partial charge is 0.497 e. The van der Waals surface area contributed by atoms with Crippen LogP contribution >= 0.6 is 27.7 Å². The molecule has 0 saturated heterocycles. The maximum absolute atomic E-state index is 13.4. The Bertz CT molecular complexity index is 1340. The Morgan fingerprint density at radius 1 is 0.946 bits per heavy atom. The first-order chi connectivity index (χ1) is 17.9. The van der Waals surface area contributed by atoms with Crippen LogP contribution in [0.3, 0.4) is 0 Å². The van der Waals surface area contributed by atoms with Gasteiger partial charge in [-0.25, -0.2) is 4.99 Å². The van der Waals surface area contributed by atoms with E-state index in [0.29, 0.717) is 40.2 Å². The first-order valence-corrected chi connectivity index (χ1v) is 13.0. The highest BCUT2D eigenvalue weighted by atomic mass is 79.9. The van der Waals surface area contributed by atoms with Crippen LogP contribution in [0.25, 0.3) is 0 Å². The van der Waals surface area contributed by atoms with Crippen molar-refractivity contribution in [2.24, 2.45) is 10.7 Å². The van der Waals surface area contributed by atoms with E-state index in [1.807, 2.05) is 19.1 Å². The highest BCUT2D eigenvalue weighted by Gasteiger charge is 2.38. The third kappa shape index (κ3) is 6.52. The fourth-order valence-corrected chi connectivity index (χ4v) is 4.89. The summed E-state index contributed by atoms with van der Waals surface area (Å²) in [5.41, 5.74) is 8.48. The van der Waals surface area contributed by atoms with Crippen molar-refractivity contribution >= 4 is 61.6 Å². The number of hydrogen-bond donors (Lipinski definition) is 3. The number of benzene rings is 3. The number of amides is 2. The Morgan fingerprint density at radius 3 is 2.16 bits per heavy atom. The average molecular weight is 581 g/mol. The van der Waals surface area contributed by atoms with Crippen molar-refractivity contribution in [2.45, 2.75) is 12.2 Å². The number of nitrogens with one attached hydrogen (secondary N) is 2. The number of thioether (sulfide) groups is 1. The number of aliphatic imine (C=N–C) groups is 1. The normalized spacial score (nSPS) is 16.0. The number of hydrogen-bond acceptors (Lipinski definition) is 7. The fraction of sp³-hybridized carbons (Fsp3) is 0.148. The number of carbonyl (C=O) groups excluding carboxylic acids is 2. The molecule has 0 spiro atoms. The summed E-state index contributed by atoms with van der Waals surface area (Å²) in [5.74, 6) is 0.567. The van der Waals surface area contributed by atoms with Gasteiger partial charge >= 0.3 is 0 Å². The second-order valence-corrected chi connectivity index (χ2v) is 9.86. The summed E-state index contributed by atoms with van der Waals surface area (Å²) >= 11 is 4.51. The number of nitrogens with zero attached hydrogens (tertiary/aromatic N) is 1. The lowest BCUT2D eigenvalue weighted by Gasteiger charge is -2.11. The minimum Gasteiger partial charge on any atom is -0.497 e. The molecule has 1 unspecified atom stereocenters. The number of rotatable bonds is 8. The van der Waals surface area contributed by atoms with Gasteiger partial charge < -0.3 is 25.8 Å². The lowest BCUT2D eigenvalue weighted by atomic mass is 10.1. The predicted octanol–water partition coefficient (Wildman–Crippen LogP) is 5.49. The Hall–Kier alpha value is -3.76. The SMILES string of the molecule is CCOc1ccc(NC(=O)C2=C(N)C(C(=O)Nc3ccc(Br)cc3)SC2=Nc2ccc(OC)cc2)cc1. The lowest BCUT2D eigenvalue weighted by Crippen LogP contribution is -2.29. The van der Waals surface area contributed by atoms with E-state index >= 15 is 0 Å². The van der Waals surface area contributed by atoms with Gasteiger partial charge in [0.1, 0.15) is 21.8 Å². The van der Waals surface area contributed by atoms with Crippen LogP contribution in [0.5, 0.6) is 11.5 Å². The van der Waals surface area contributed by atoms with Gasteiger partial charge in [0.25, 0.3) is 5.91 Å². The second kappa shape index (κ2) is 12.0. The second-order valence-electron chi connectivity index (χ2n) is 7.85. The minimum absolute atomic E-state index is 0.135. The minimum atomic E-state index is -0.832. The van der Waals surface area contributed by atoms with Crippen molar-refractivity contribution in [1.82, 2.24) is 0 Å². The number of anilines is 2. The van der Waals surface area contributed by atoms with Crippen molar-refractivity contribution in [2.75, 3.05) is 24.4 Å². The summed E-state index contributed by atoms with van der Waals surface area (Å²) in [5, 5.41) is 5.22. The smallest absolute Gasteiger partial charge is 0.260 e. The number of methoxy groups -OCH3 is 1. The van der Waals surface area contributed by atoms with Crippen LogP contribution < -0.4 is 25.8 Å². The average Bonchev–Trinajstić information content (AvgIpc) is 3.23. The number of halogens is 1. The van der Waals surface area contributed by atoms with Crippen molar-refractivity contribution in [3.05, 3.63) is 88.5 Å². The first kappa shape index (κ1) is 26.3. The van der Waals surface area contributed by atoms with Gasteiger partial charge in [-0.15, -0.1) is 0 Å². The number of ether oxygens (including phenoxy) is 2. The lowest BCUT2D eigenvalue weighted by molar-refractivity contribution is -0.115. The van der Waals surface area contributed by atoms with E-state index in [-0.39, 0.29) is 17.2 Å². The number of carbonyl (C=O) groups is 2. The molecule has 1 aliphatic heterocycles. The van der Waals surface area contributed by atoms with Gasteiger partial charge in [-0.05, 0) is 79.7 Å². The molecule has 0 aliphatic carbocycles. The van der Waals surface area contributed by atoms with Gasteiger partial charge in [0.2, 0.25) is 5.91 Å². The van der Waals surface area contributed by atoms with Gasteiger partial charge in [-0.1, -0.05) is 27.7 Å². The summed E-state index contributed by atoms with van der Waals surface area (Å²) in [6, 6.07) is 21.3. The molecule has 4 N–H and O–H groups in total. The van der Waals surface area contributed by atoms with Gasteiger partial charge in [-0.3, -0.25) is 9.59 Å². The van der Waals surface area contributed by atoms with Crippen LogP contribution in [0, 0.1) is 0 Å². The zero-order chi connectivity index (χ0) is 26.4. The van der Waals surface area contributed by atoms with Gasteiger partial charge in [0.15, 0.2) is 0 Å².